The number of nitrogens with one attached hydrogen (secondary N) is 1. The molecule has 3 heteroatoms. The fourth-order valence-electron chi connectivity index (χ4n) is 3.68. The lowest BCUT2D eigenvalue weighted by atomic mass is 9.96. The zero-order chi connectivity index (χ0) is 12.7. The lowest BCUT2D eigenvalue weighted by Crippen LogP contribution is -2.48. The van der Waals surface area contributed by atoms with E-state index in [4.69, 9.17) is 0 Å². The molecule has 2 fully saturated rings. The van der Waals surface area contributed by atoms with Gasteiger partial charge in [-0.05, 0) is 57.4 Å². The Bertz CT molecular complexity index is 432. The minimum atomic E-state index is 0.714. The van der Waals surface area contributed by atoms with Crippen LogP contribution in [0.25, 0.3) is 0 Å². The summed E-state index contributed by atoms with van der Waals surface area (Å²) in [6, 6.07) is 8.76. The monoisotopic (exact) mass is 308 g/mol. The third-order valence-corrected chi connectivity index (χ3v) is 5.52. The second kappa shape index (κ2) is 4.86. The van der Waals surface area contributed by atoms with Gasteiger partial charge in [0.2, 0.25) is 0 Å². The average Bonchev–Trinajstić information content (AvgIpc) is 2.63. The van der Waals surface area contributed by atoms with Gasteiger partial charge in [-0.25, -0.2) is 0 Å². The van der Waals surface area contributed by atoms with Gasteiger partial charge in [-0.2, -0.15) is 0 Å². The third-order valence-electron chi connectivity index (χ3n) is 4.66. The van der Waals surface area contributed by atoms with Gasteiger partial charge < -0.3 is 10.2 Å². The fourth-order valence-corrected chi connectivity index (χ4v) is 4.04. The van der Waals surface area contributed by atoms with E-state index in [0.29, 0.717) is 6.04 Å². The van der Waals surface area contributed by atoms with Gasteiger partial charge in [0.05, 0.1) is 0 Å². The molecule has 1 aromatic carbocycles. The normalized spacial score (nSPS) is 30.8. The smallest absolute Gasteiger partial charge is 0.0412 e. The van der Waals surface area contributed by atoms with Crippen LogP contribution in [0.3, 0.4) is 0 Å². The minimum absolute atomic E-state index is 0.714. The van der Waals surface area contributed by atoms with Gasteiger partial charge in [-0.3, -0.25) is 0 Å². The van der Waals surface area contributed by atoms with Gasteiger partial charge in [-0.1, -0.05) is 22.0 Å². The van der Waals surface area contributed by atoms with E-state index >= 15 is 0 Å². The van der Waals surface area contributed by atoms with Crippen molar-refractivity contribution in [2.75, 3.05) is 11.9 Å². The molecule has 2 nitrogen and oxygen atoms in total. The van der Waals surface area contributed by atoms with Crippen LogP contribution in [-0.2, 0) is 0 Å². The van der Waals surface area contributed by atoms with Crippen LogP contribution in [0.5, 0.6) is 0 Å². The van der Waals surface area contributed by atoms with Crippen molar-refractivity contribution in [1.29, 1.82) is 0 Å². The molecule has 2 aliphatic rings. The van der Waals surface area contributed by atoms with E-state index in [0.717, 1.165) is 12.1 Å². The Kier molecular flexibility index (Phi) is 3.37. The lowest BCUT2D eigenvalue weighted by Gasteiger charge is -2.41. The SMILES string of the molecule is CNC1CC2CCC(C1)N2c1cccc(Br)c1C. The van der Waals surface area contributed by atoms with Gasteiger partial charge in [-0.15, -0.1) is 0 Å². The van der Waals surface area contributed by atoms with Crippen molar-refractivity contribution in [3.05, 3.63) is 28.2 Å². The summed E-state index contributed by atoms with van der Waals surface area (Å²) in [5, 5.41) is 3.47. The van der Waals surface area contributed by atoms with Crippen molar-refractivity contribution in [2.24, 2.45) is 0 Å². The highest BCUT2D eigenvalue weighted by molar-refractivity contribution is 9.10. The molecule has 0 amide bonds. The minimum Gasteiger partial charge on any atom is -0.365 e. The van der Waals surface area contributed by atoms with Crippen LogP contribution in [0.15, 0.2) is 22.7 Å². The molecule has 0 saturated carbocycles. The van der Waals surface area contributed by atoms with Gasteiger partial charge in [0.15, 0.2) is 0 Å². The van der Waals surface area contributed by atoms with E-state index in [1.165, 1.54) is 41.4 Å². The summed E-state index contributed by atoms with van der Waals surface area (Å²) in [5.41, 5.74) is 2.82. The van der Waals surface area contributed by atoms with Crippen molar-refractivity contribution in [1.82, 2.24) is 5.32 Å². The lowest BCUT2D eigenvalue weighted by molar-refractivity contribution is 0.373. The molecule has 0 radical (unpaired) electrons. The predicted molar refractivity (Wildman–Crippen MR) is 80.2 cm³/mol. The Labute approximate surface area is 118 Å². The van der Waals surface area contributed by atoms with Gasteiger partial charge in [0.25, 0.3) is 0 Å². The maximum Gasteiger partial charge on any atom is 0.0412 e. The first-order chi connectivity index (χ1) is 8.70. The number of halogens is 1. The molecule has 2 saturated heterocycles. The zero-order valence-corrected chi connectivity index (χ0v) is 12.7. The molecule has 2 heterocycles. The van der Waals surface area contributed by atoms with E-state index in [1.807, 2.05) is 0 Å². The third kappa shape index (κ3) is 1.97. The largest absolute Gasteiger partial charge is 0.365 e. The Hall–Kier alpha value is -0.540. The van der Waals surface area contributed by atoms with Crippen LogP contribution in [0.2, 0.25) is 0 Å². The summed E-state index contributed by atoms with van der Waals surface area (Å²) in [6.45, 7) is 2.23. The Morgan fingerprint density at radius 3 is 2.50 bits per heavy atom. The molecule has 2 unspecified atom stereocenters. The molecule has 2 atom stereocenters. The molecule has 1 N–H and O–H groups in total. The summed E-state index contributed by atoms with van der Waals surface area (Å²) in [4.78, 5) is 2.69. The van der Waals surface area contributed by atoms with Crippen LogP contribution >= 0.6 is 15.9 Å². The summed E-state index contributed by atoms with van der Waals surface area (Å²) < 4.78 is 1.23. The maximum absolute atomic E-state index is 3.66. The highest BCUT2D eigenvalue weighted by atomic mass is 79.9. The Morgan fingerprint density at radius 2 is 1.89 bits per heavy atom. The van der Waals surface area contributed by atoms with E-state index in [-0.39, 0.29) is 0 Å². The molecule has 0 aromatic heterocycles. The number of fused-ring (bicyclic) bond motifs is 2. The Morgan fingerprint density at radius 1 is 1.22 bits per heavy atom. The quantitative estimate of drug-likeness (QED) is 0.900. The number of anilines is 1. The van der Waals surface area contributed by atoms with E-state index in [1.54, 1.807) is 0 Å². The fraction of sp³-hybridized carbons (Fsp3) is 0.600. The first-order valence-electron chi connectivity index (χ1n) is 6.91. The average molecular weight is 309 g/mol. The molecule has 98 valence electrons. The topological polar surface area (TPSA) is 15.3 Å². The molecular formula is C15H21BrN2. The Balaban J connectivity index is 1.92. The van der Waals surface area contributed by atoms with Crippen LogP contribution in [-0.4, -0.2) is 25.2 Å². The van der Waals surface area contributed by atoms with Crippen molar-refractivity contribution in [3.8, 4) is 0 Å². The standard InChI is InChI=1S/C15H21BrN2/c1-10-14(16)4-3-5-15(10)18-12-6-7-13(18)9-11(8-12)17-2/h3-5,11-13,17H,6-9H2,1-2H3. The zero-order valence-electron chi connectivity index (χ0n) is 11.1. The summed E-state index contributed by atoms with van der Waals surface area (Å²) in [5.74, 6) is 0. The molecule has 0 aliphatic carbocycles. The summed E-state index contributed by atoms with van der Waals surface area (Å²) >= 11 is 3.66. The van der Waals surface area contributed by atoms with Crippen molar-refractivity contribution >= 4 is 21.6 Å². The number of benzene rings is 1. The summed E-state index contributed by atoms with van der Waals surface area (Å²) in [6.07, 6.45) is 5.29. The predicted octanol–water partition coefficient (Wildman–Crippen LogP) is 3.48. The molecule has 2 bridgehead atoms. The van der Waals surface area contributed by atoms with Gasteiger partial charge >= 0.3 is 0 Å². The van der Waals surface area contributed by atoms with Crippen LogP contribution in [0.1, 0.15) is 31.2 Å². The molecule has 2 aliphatic heterocycles. The molecule has 1 aromatic rings. The molecular weight excluding hydrogens is 288 g/mol. The highest BCUT2D eigenvalue weighted by Crippen LogP contribution is 2.41. The first kappa shape index (κ1) is 12.5. The number of nitrogens with zero attached hydrogens (tertiary/aromatic N) is 1. The summed E-state index contributed by atoms with van der Waals surface area (Å²) in [7, 11) is 2.10. The van der Waals surface area contributed by atoms with Crippen molar-refractivity contribution in [3.63, 3.8) is 0 Å². The first-order valence-corrected chi connectivity index (χ1v) is 7.70. The van der Waals surface area contributed by atoms with Gasteiger partial charge in [0.1, 0.15) is 0 Å². The molecule has 0 spiro atoms. The van der Waals surface area contributed by atoms with Crippen LogP contribution < -0.4 is 10.2 Å². The number of rotatable bonds is 2. The number of hydrogen-bond acceptors (Lipinski definition) is 2. The number of piperidine rings is 1. The molecule has 18 heavy (non-hydrogen) atoms. The second-order valence-corrected chi connectivity index (χ2v) is 6.49. The maximum atomic E-state index is 3.66. The van der Waals surface area contributed by atoms with Crippen LogP contribution in [0, 0.1) is 6.92 Å². The van der Waals surface area contributed by atoms with E-state index in [2.05, 4.69) is 58.3 Å². The van der Waals surface area contributed by atoms with Crippen LogP contribution in [0.4, 0.5) is 5.69 Å². The highest BCUT2D eigenvalue weighted by Gasteiger charge is 2.40. The van der Waals surface area contributed by atoms with E-state index < -0.39 is 0 Å². The number of hydrogen-bond donors (Lipinski definition) is 1. The van der Waals surface area contributed by atoms with Gasteiger partial charge in [0, 0.05) is 28.3 Å². The van der Waals surface area contributed by atoms with Crippen molar-refractivity contribution in [2.45, 2.75) is 50.7 Å². The molecule has 3 rings (SSSR count). The van der Waals surface area contributed by atoms with Crippen molar-refractivity contribution < 1.29 is 0 Å². The second-order valence-electron chi connectivity index (χ2n) is 5.63. The van der Waals surface area contributed by atoms with E-state index in [9.17, 15) is 0 Å².